The summed E-state index contributed by atoms with van der Waals surface area (Å²) < 4.78 is 41.3. The number of hydrogen-bond acceptors (Lipinski definition) is 6. The van der Waals surface area contributed by atoms with E-state index in [4.69, 9.17) is 5.26 Å². The minimum Gasteiger partial charge on any atom is -0.338 e. The fourth-order valence-corrected chi connectivity index (χ4v) is 4.12. The Hall–Kier alpha value is -2.84. The number of halogens is 1. The molecule has 1 aliphatic rings. The van der Waals surface area contributed by atoms with E-state index in [9.17, 15) is 17.6 Å². The van der Waals surface area contributed by atoms with Crippen molar-refractivity contribution in [3.63, 3.8) is 0 Å². The van der Waals surface area contributed by atoms with Crippen molar-refractivity contribution in [2.45, 2.75) is 11.4 Å². The van der Waals surface area contributed by atoms with Crippen LogP contribution in [0.3, 0.4) is 0 Å². The zero-order valence-corrected chi connectivity index (χ0v) is 14.4. The van der Waals surface area contributed by atoms with Gasteiger partial charge in [0.25, 0.3) is 5.82 Å². The maximum Gasteiger partial charge on any atom is 0.252 e. The number of rotatable bonds is 4. The molecule has 26 heavy (non-hydrogen) atoms. The van der Waals surface area contributed by atoms with Gasteiger partial charge in [-0.3, -0.25) is 4.79 Å². The third kappa shape index (κ3) is 3.56. The summed E-state index contributed by atoms with van der Waals surface area (Å²) in [6.07, 6.45) is 1.29. The van der Waals surface area contributed by atoms with Crippen molar-refractivity contribution >= 4 is 15.9 Å². The van der Waals surface area contributed by atoms with Gasteiger partial charge in [0.15, 0.2) is 0 Å². The molecule has 11 heteroatoms. The maximum absolute atomic E-state index is 13.8. The lowest BCUT2D eigenvalue weighted by molar-refractivity contribution is -0.133. The van der Waals surface area contributed by atoms with E-state index in [-0.39, 0.29) is 49.4 Å². The predicted octanol–water partition coefficient (Wildman–Crippen LogP) is -0.178. The van der Waals surface area contributed by atoms with Crippen LogP contribution in [0.1, 0.15) is 5.82 Å². The van der Waals surface area contributed by atoms with Crippen LogP contribution in [-0.2, 0) is 21.4 Å². The number of piperazine rings is 1. The van der Waals surface area contributed by atoms with Gasteiger partial charge in [0.1, 0.15) is 29.7 Å². The highest BCUT2D eigenvalue weighted by Gasteiger charge is 2.31. The molecule has 0 spiro atoms. The Morgan fingerprint density at radius 3 is 2.54 bits per heavy atom. The molecule has 1 saturated heterocycles. The molecule has 0 atom stereocenters. The summed E-state index contributed by atoms with van der Waals surface area (Å²) in [5.41, 5.74) is 0. The van der Waals surface area contributed by atoms with E-state index >= 15 is 0 Å². The Morgan fingerprint density at radius 2 is 1.92 bits per heavy atom. The molecule has 3 rings (SSSR count). The molecule has 9 nitrogen and oxygen atoms in total. The SMILES string of the molecule is N#Cc1ncn(CC(=O)N2CCN(S(=O)(=O)c3ccccc3F)CC2)n1. The number of benzene rings is 1. The molecule has 0 unspecified atom stereocenters. The molecule has 1 amide bonds. The van der Waals surface area contributed by atoms with E-state index in [1.807, 2.05) is 0 Å². The van der Waals surface area contributed by atoms with Gasteiger partial charge in [-0.25, -0.2) is 22.5 Å². The second-order valence-electron chi connectivity index (χ2n) is 5.59. The number of sulfonamides is 1. The molecule has 0 bridgehead atoms. The predicted molar refractivity (Wildman–Crippen MR) is 86.5 cm³/mol. The topological polar surface area (TPSA) is 112 Å². The van der Waals surface area contributed by atoms with Crippen LogP contribution in [0.15, 0.2) is 35.5 Å². The van der Waals surface area contributed by atoms with E-state index < -0.39 is 15.8 Å². The summed E-state index contributed by atoms with van der Waals surface area (Å²) in [5, 5.41) is 12.5. The minimum absolute atomic E-state index is 0.0291. The van der Waals surface area contributed by atoms with Gasteiger partial charge in [0, 0.05) is 26.2 Å². The molecule has 1 aliphatic heterocycles. The van der Waals surface area contributed by atoms with Gasteiger partial charge < -0.3 is 4.90 Å². The first-order chi connectivity index (χ1) is 12.4. The van der Waals surface area contributed by atoms with Crippen molar-refractivity contribution in [1.82, 2.24) is 24.0 Å². The Morgan fingerprint density at radius 1 is 1.23 bits per heavy atom. The van der Waals surface area contributed by atoms with E-state index in [1.54, 1.807) is 6.07 Å². The van der Waals surface area contributed by atoms with Crippen LogP contribution in [0, 0.1) is 17.1 Å². The van der Waals surface area contributed by atoms with E-state index in [1.165, 1.54) is 38.4 Å². The summed E-state index contributed by atoms with van der Waals surface area (Å²) in [4.78, 5) is 17.1. The lowest BCUT2D eigenvalue weighted by Crippen LogP contribution is -2.51. The Balaban J connectivity index is 1.63. The van der Waals surface area contributed by atoms with Crippen LogP contribution in [0.4, 0.5) is 4.39 Å². The van der Waals surface area contributed by atoms with Gasteiger partial charge in [-0.2, -0.15) is 9.57 Å². The standard InChI is InChI=1S/C15H15FN6O3S/c16-12-3-1-2-4-13(12)26(24,25)22-7-5-20(6-8-22)15(23)10-21-11-18-14(9-17)19-21/h1-4,11H,5-8,10H2. The smallest absolute Gasteiger partial charge is 0.252 e. The average molecular weight is 378 g/mol. The van der Waals surface area contributed by atoms with Gasteiger partial charge in [-0.1, -0.05) is 12.1 Å². The highest BCUT2D eigenvalue weighted by atomic mass is 32.2. The Labute approximate surface area is 149 Å². The molecule has 2 heterocycles. The molecule has 0 saturated carbocycles. The fourth-order valence-electron chi connectivity index (χ4n) is 2.63. The van der Waals surface area contributed by atoms with Crippen LogP contribution in [-0.4, -0.2) is 64.5 Å². The molecule has 2 aromatic rings. The van der Waals surface area contributed by atoms with Crippen LogP contribution in [0.25, 0.3) is 0 Å². The largest absolute Gasteiger partial charge is 0.338 e. The summed E-state index contributed by atoms with van der Waals surface area (Å²) in [6, 6.07) is 6.98. The van der Waals surface area contributed by atoms with Crippen molar-refractivity contribution in [3.05, 3.63) is 42.2 Å². The number of carbonyl (C=O) groups is 1. The van der Waals surface area contributed by atoms with Gasteiger partial charge in [0.2, 0.25) is 15.9 Å². The molecule has 0 aliphatic carbocycles. The van der Waals surface area contributed by atoms with Crippen molar-refractivity contribution in [2.24, 2.45) is 0 Å². The summed E-state index contributed by atoms with van der Waals surface area (Å²) in [7, 11) is -3.94. The van der Waals surface area contributed by atoms with Crippen molar-refractivity contribution in [1.29, 1.82) is 5.26 Å². The normalized spacial score (nSPS) is 15.6. The first-order valence-corrected chi connectivity index (χ1v) is 9.18. The van der Waals surface area contributed by atoms with Crippen LogP contribution < -0.4 is 0 Å². The molecule has 1 aromatic heterocycles. The number of nitriles is 1. The number of nitrogens with zero attached hydrogens (tertiary/aromatic N) is 6. The molecule has 1 aromatic carbocycles. The van der Waals surface area contributed by atoms with Crippen molar-refractivity contribution in [3.8, 4) is 6.07 Å². The lowest BCUT2D eigenvalue weighted by atomic mass is 10.3. The second-order valence-corrected chi connectivity index (χ2v) is 7.50. The molecular weight excluding hydrogens is 363 g/mol. The molecule has 1 fully saturated rings. The molecular formula is C15H15FN6O3S. The van der Waals surface area contributed by atoms with Gasteiger partial charge >= 0.3 is 0 Å². The third-order valence-corrected chi connectivity index (χ3v) is 5.91. The van der Waals surface area contributed by atoms with Gasteiger partial charge in [-0.05, 0) is 12.1 Å². The fraction of sp³-hybridized carbons (Fsp3) is 0.333. The Bertz CT molecular complexity index is 960. The summed E-state index contributed by atoms with van der Waals surface area (Å²) in [5.74, 6) is -1.09. The second kappa shape index (κ2) is 7.19. The van der Waals surface area contributed by atoms with E-state index in [0.717, 1.165) is 6.07 Å². The third-order valence-electron chi connectivity index (χ3n) is 3.98. The Kier molecular flexibility index (Phi) is 4.97. The lowest BCUT2D eigenvalue weighted by Gasteiger charge is -2.34. The number of hydrogen-bond donors (Lipinski definition) is 0. The van der Waals surface area contributed by atoms with Crippen LogP contribution in [0.2, 0.25) is 0 Å². The van der Waals surface area contributed by atoms with E-state index in [0.29, 0.717) is 0 Å². The first-order valence-electron chi connectivity index (χ1n) is 7.74. The zero-order chi connectivity index (χ0) is 18.7. The number of aromatic nitrogens is 3. The monoisotopic (exact) mass is 378 g/mol. The number of carbonyl (C=O) groups excluding carboxylic acids is 1. The van der Waals surface area contributed by atoms with Crippen LogP contribution in [0.5, 0.6) is 0 Å². The van der Waals surface area contributed by atoms with Gasteiger partial charge in [-0.15, -0.1) is 5.10 Å². The highest BCUT2D eigenvalue weighted by Crippen LogP contribution is 2.20. The quantitative estimate of drug-likeness (QED) is 0.730. The zero-order valence-electron chi connectivity index (χ0n) is 13.6. The highest BCUT2D eigenvalue weighted by molar-refractivity contribution is 7.89. The van der Waals surface area contributed by atoms with Crippen molar-refractivity contribution in [2.75, 3.05) is 26.2 Å². The summed E-state index contributed by atoms with van der Waals surface area (Å²) >= 11 is 0. The summed E-state index contributed by atoms with van der Waals surface area (Å²) in [6.45, 7) is 0.430. The molecule has 0 N–H and O–H groups in total. The van der Waals surface area contributed by atoms with Crippen molar-refractivity contribution < 1.29 is 17.6 Å². The maximum atomic E-state index is 13.8. The average Bonchev–Trinajstić information content (AvgIpc) is 3.09. The van der Waals surface area contributed by atoms with E-state index in [2.05, 4.69) is 10.1 Å². The van der Waals surface area contributed by atoms with Gasteiger partial charge in [0.05, 0.1) is 0 Å². The number of amides is 1. The van der Waals surface area contributed by atoms with Crippen LogP contribution >= 0.6 is 0 Å². The first kappa shape index (κ1) is 18.0. The molecule has 0 radical (unpaired) electrons. The molecule has 136 valence electrons. The minimum atomic E-state index is -3.94.